The predicted octanol–water partition coefficient (Wildman–Crippen LogP) is 4.51. The van der Waals surface area contributed by atoms with Gasteiger partial charge in [0.1, 0.15) is 5.82 Å². The molecule has 1 heterocycles. The minimum atomic E-state index is -0.306. The van der Waals surface area contributed by atoms with Gasteiger partial charge in [-0.25, -0.2) is 4.39 Å². The molecule has 3 rings (SSSR count). The van der Waals surface area contributed by atoms with Gasteiger partial charge in [-0.3, -0.25) is 0 Å². The van der Waals surface area contributed by atoms with E-state index in [2.05, 4.69) is 5.32 Å². The van der Waals surface area contributed by atoms with Gasteiger partial charge < -0.3 is 14.8 Å². The largest absolute Gasteiger partial charge is 0.490 e. The van der Waals surface area contributed by atoms with Crippen LogP contribution in [-0.2, 0) is 6.42 Å². The van der Waals surface area contributed by atoms with E-state index in [0.29, 0.717) is 29.5 Å². The van der Waals surface area contributed by atoms with Crippen LogP contribution in [0, 0.1) is 5.82 Å². The number of ether oxygens (including phenoxy) is 2. The topological polar surface area (TPSA) is 30.5 Å². The highest BCUT2D eigenvalue weighted by Gasteiger charge is 2.27. The van der Waals surface area contributed by atoms with Gasteiger partial charge in [0, 0.05) is 17.1 Å². The van der Waals surface area contributed by atoms with Crippen molar-refractivity contribution in [1.29, 1.82) is 0 Å². The monoisotopic (exact) mass is 349 g/mol. The number of fused-ring (bicyclic) bond motifs is 1. The summed E-state index contributed by atoms with van der Waals surface area (Å²) in [4.78, 5) is 0. The van der Waals surface area contributed by atoms with Crippen LogP contribution in [0.2, 0.25) is 5.02 Å². The standard InChI is InChI=1S/C19H21ClFNO2/c1-3-23-16-10-12-8-9-22-19(13(12)11-17(16)24-4-2)18-14(20)6-5-7-15(18)21/h5-7,10-11,19,22H,3-4,8-9H2,1-2H3/t19-/m0/s1. The van der Waals surface area contributed by atoms with Crippen molar-refractivity contribution in [2.45, 2.75) is 26.3 Å². The summed E-state index contributed by atoms with van der Waals surface area (Å²) in [5.41, 5.74) is 2.59. The Kier molecular flexibility index (Phi) is 5.27. The fourth-order valence-electron chi connectivity index (χ4n) is 3.14. The lowest BCUT2D eigenvalue weighted by Crippen LogP contribution is -2.31. The van der Waals surface area contributed by atoms with E-state index in [-0.39, 0.29) is 11.9 Å². The molecule has 0 amide bonds. The lowest BCUT2D eigenvalue weighted by Gasteiger charge is -2.29. The highest BCUT2D eigenvalue weighted by Crippen LogP contribution is 2.40. The maximum atomic E-state index is 14.4. The molecule has 0 saturated heterocycles. The Morgan fingerprint density at radius 1 is 1.17 bits per heavy atom. The minimum Gasteiger partial charge on any atom is -0.490 e. The molecule has 1 N–H and O–H groups in total. The third-order valence-electron chi connectivity index (χ3n) is 4.15. The summed E-state index contributed by atoms with van der Waals surface area (Å²) in [5.74, 6) is 1.11. The molecule has 2 aromatic carbocycles. The number of hydrogen-bond acceptors (Lipinski definition) is 3. The molecule has 1 atom stereocenters. The number of halogens is 2. The molecule has 0 radical (unpaired) electrons. The zero-order chi connectivity index (χ0) is 17.1. The lowest BCUT2D eigenvalue weighted by molar-refractivity contribution is 0.286. The summed E-state index contributed by atoms with van der Waals surface area (Å²) in [6, 6.07) is 8.44. The van der Waals surface area contributed by atoms with E-state index in [1.807, 2.05) is 26.0 Å². The van der Waals surface area contributed by atoms with Crippen molar-refractivity contribution >= 4 is 11.6 Å². The molecular weight excluding hydrogens is 329 g/mol. The van der Waals surface area contributed by atoms with E-state index in [9.17, 15) is 4.39 Å². The van der Waals surface area contributed by atoms with Crippen LogP contribution >= 0.6 is 11.6 Å². The van der Waals surface area contributed by atoms with E-state index < -0.39 is 0 Å². The zero-order valence-corrected chi connectivity index (χ0v) is 14.6. The maximum Gasteiger partial charge on any atom is 0.161 e. The Morgan fingerprint density at radius 2 is 1.88 bits per heavy atom. The smallest absolute Gasteiger partial charge is 0.161 e. The first-order chi connectivity index (χ1) is 11.7. The number of benzene rings is 2. The van der Waals surface area contributed by atoms with Gasteiger partial charge in [0.25, 0.3) is 0 Å². The third kappa shape index (κ3) is 3.21. The fraction of sp³-hybridized carbons (Fsp3) is 0.368. The van der Waals surface area contributed by atoms with Crippen LogP contribution in [0.4, 0.5) is 4.39 Å². The van der Waals surface area contributed by atoms with Crippen LogP contribution in [0.1, 0.15) is 36.6 Å². The van der Waals surface area contributed by atoms with Crippen LogP contribution in [0.15, 0.2) is 30.3 Å². The van der Waals surface area contributed by atoms with E-state index in [1.165, 1.54) is 6.07 Å². The molecule has 0 aromatic heterocycles. The van der Waals surface area contributed by atoms with Crippen molar-refractivity contribution in [3.05, 3.63) is 57.9 Å². The lowest BCUT2D eigenvalue weighted by atomic mass is 9.89. The molecule has 2 aromatic rings. The van der Waals surface area contributed by atoms with Crippen LogP contribution in [0.3, 0.4) is 0 Å². The molecule has 0 fully saturated rings. The third-order valence-corrected chi connectivity index (χ3v) is 4.48. The average Bonchev–Trinajstić information content (AvgIpc) is 2.56. The Bertz CT molecular complexity index is 715. The number of nitrogens with one attached hydrogen (secondary N) is 1. The van der Waals surface area contributed by atoms with Gasteiger partial charge in [-0.2, -0.15) is 0 Å². The first-order valence-corrected chi connectivity index (χ1v) is 8.63. The van der Waals surface area contributed by atoms with Crippen molar-refractivity contribution in [3.63, 3.8) is 0 Å². The van der Waals surface area contributed by atoms with Crippen molar-refractivity contribution in [2.75, 3.05) is 19.8 Å². The number of rotatable bonds is 5. The van der Waals surface area contributed by atoms with Crippen LogP contribution in [0.25, 0.3) is 0 Å². The van der Waals surface area contributed by atoms with Crippen LogP contribution in [-0.4, -0.2) is 19.8 Å². The highest BCUT2D eigenvalue weighted by molar-refractivity contribution is 6.31. The Hall–Kier alpha value is -1.78. The predicted molar refractivity (Wildman–Crippen MR) is 93.7 cm³/mol. The fourth-order valence-corrected chi connectivity index (χ4v) is 3.42. The number of hydrogen-bond donors (Lipinski definition) is 1. The second-order valence-corrected chi connectivity index (χ2v) is 6.04. The van der Waals surface area contributed by atoms with Crippen LogP contribution in [0.5, 0.6) is 11.5 Å². The molecule has 1 aliphatic rings. The molecule has 5 heteroatoms. The first-order valence-electron chi connectivity index (χ1n) is 8.25. The molecule has 0 aliphatic carbocycles. The molecule has 0 spiro atoms. The minimum absolute atomic E-state index is 0.294. The SMILES string of the molecule is CCOc1cc2c(cc1OCC)[C@@H](c1c(F)cccc1Cl)NCC2. The van der Waals surface area contributed by atoms with Gasteiger partial charge in [-0.05, 0) is 55.7 Å². The average molecular weight is 350 g/mol. The summed E-state index contributed by atoms with van der Waals surface area (Å²) in [7, 11) is 0. The molecule has 128 valence electrons. The van der Waals surface area contributed by atoms with Gasteiger partial charge in [-0.1, -0.05) is 17.7 Å². The van der Waals surface area contributed by atoms with Crippen LogP contribution < -0.4 is 14.8 Å². The van der Waals surface area contributed by atoms with Gasteiger partial charge in [0.15, 0.2) is 11.5 Å². The zero-order valence-electron chi connectivity index (χ0n) is 13.9. The summed E-state index contributed by atoms with van der Waals surface area (Å²) in [6.07, 6.45) is 0.852. The Balaban J connectivity index is 2.11. The van der Waals surface area contributed by atoms with E-state index in [1.54, 1.807) is 12.1 Å². The molecule has 24 heavy (non-hydrogen) atoms. The van der Waals surface area contributed by atoms with Gasteiger partial charge in [-0.15, -0.1) is 0 Å². The quantitative estimate of drug-likeness (QED) is 0.861. The van der Waals surface area contributed by atoms with E-state index in [4.69, 9.17) is 21.1 Å². The van der Waals surface area contributed by atoms with Gasteiger partial charge >= 0.3 is 0 Å². The normalized spacial score (nSPS) is 16.6. The second kappa shape index (κ2) is 7.41. The summed E-state index contributed by atoms with van der Waals surface area (Å²) >= 11 is 6.28. The molecule has 1 aliphatic heterocycles. The van der Waals surface area contributed by atoms with Crippen molar-refractivity contribution in [3.8, 4) is 11.5 Å². The van der Waals surface area contributed by atoms with Crippen molar-refractivity contribution < 1.29 is 13.9 Å². The summed E-state index contributed by atoms with van der Waals surface area (Å²) in [6.45, 7) is 5.73. The second-order valence-electron chi connectivity index (χ2n) is 5.64. The van der Waals surface area contributed by atoms with Crippen molar-refractivity contribution in [2.24, 2.45) is 0 Å². The van der Waals surface area contributed by atoms with E-state index >= 15 is 0 Å². The molecule has 0 unspecified atom stereocenters. The Morgan fingerprint density at radius 3 is 2.54 bits per heavy atom. The first kappa shape index (κ1) is 17.1. The molecule has 3 nitrogen and oxygen atoms in total. The van der Waals surface area contributed by atoms with E-state index in [0.717, 1.165) is 29.8 Å². The van der Waals surface area contributed by atoms with Crippen molar-refractivity contribution in [1.82, 2.24) is 5.32 Å². The highest BCUT2D eigenvalue weighted by atomic mass is 35.5. The summed E-state index contributed by atoms with van der Waals surface area (Å²) in [5, 5.41) is 3.80. The van der Waals surface area contributed by atoms with Gasteiger partial charge in [0.05, 0.1) is 19.3 Å². The summed E-state index contributed by atoms with van der Waals surface area (Å²) < 4.78 is 25.8. The maximum absolute atomic E-state index is 14.4. The Labute approximate surface area is 146 Å². The molecular formula is C19H21ClFNO2. The van der Waals surface area contributed by atoms with Gasteiger partial charge in [0.2, 0.25) is 0 Å². The molecule has 0 bridgehead atoms. The molecule has 0 saturated carbocycles.